The molecule has 0 radical (unpaired) electrons. The maximum absolute atomic E-state index is 12.6. The van der Waals surface area contributed by atoms with E-state index < -0.39 is 11.9 Å². The van der Waals surface area contributed by atoms with Crippen LogP contribution in [0.1, 0.15) is 45.9 Å². The zero-order valence-electron chi connectivity index (χ0n) is 19.3. The molecule has 0 spiro atoms. The largest absolute Gasteiger partial charge is 0.451 e. The third-order valence-corrected chi connectivity index (χ3v) is 5.26. The lowest BCUT2D eigenvalue weighted by Crippen LogP contribution is -2.48. The van der Waals surface area contributed by atoms with Crippen molar-refractivity contribution in [2.24, 2.45) is 5.92 Å². The van der Waals surface area contributed by atoms with E-state index in [1.54, 1.807) is 18.2 Å². The smallest absolute Gasteiger partial charge is 0.287 e. The fraction of sp³-hybridized carbons (Fsp3) is 0.269. The third-order valence-electron chi connectivity index (χ3n) is 5.26. The molecule has 1 atom stereocenters. The number of furan rings is 1. The van der Waals surface area contributed by atoms with Gasteiger partial charge in [-0.05, 0) is 48.7 Å². The normalized spacial score (nSPS) is 11.7. The lowest BCUT2D eigenvalue weighted by Gasteiger charge is -2.19. The number of rotatable bonds is 8. The average molecular weight is 448 g/mol. The molecule has 7 nitrogen and oxygen atoms in total. The van der Waals surface area contributed by atoms with Gasteiger partial charge in [-0.15, -0.1) is 0 Å². The molecule has 2 aromatic carbocycles. The van der Waals surface area contributed by atoms with Crippen LogP contribution in [-0.2, 0) is 11.3 Å². The van der Waals surface area contributed by atoms with Crippen LogP contribution in [-0.4, -0.2) is 30.8 Å². The van der Waals surface area contributed by atoms with Crippen molar-refractivity contribution in [2.75, 3.05) is 7.05 Å². The molecule has 0 aliphatic rings. The summed E-state index contributed by atoms with van der Waals surface area (Å²) >= 11 is 0. The zero-order valence-corrected chi connectivity index (χ0v) is 19.3. The minimum absolute atomic E-state index is 0.0741. The molecule has 7 heteroatoms. The molecule has 1 aromatic heterocycles. The highest BCUT2D eigenvalue weighted by Crippen LogP contribution is 2.23. The lowest BCUT2D eigenvalue weighted by atomic mass is 10.0. The van der Waals surface area contributed by atoms with Gasteiger partial charge >= 0.3 is 0 Å². The van der Waals surface area contributed by atoms with Crippen LogP contribution in [0.5, 0.6) is 0 Å². The van der Waals surface area contributed by atoms with Gasteiger partial charge in [0, 0.05) is 24.7 Å². The fourth-order valence-electron chi connectivity index (χ4n) is 3.42. The highest BCUT2D eigenvalue weighted by atomic mass is 16.4. The summed E-state index contributed by atoms with van der Waals surface area (Å²) in [5, 5.41) is 8.20. The first-order chi connectivity index (χ1) is 15.8. The SMILES string of the molecule is CNC(=O)C(NC(=O)c1ccc(-c2cccc(CNC(=O)c3cccc(C)c3)c2)o1)C(C)C. The monoisotopic (exact) mass is 447 g/mol. The van der Waals surface area contributed by atoms with Crippen molar-refractivity contribution in [3.8, 4) is 11.3 Å². The number of benzene rings is 2. The first-order valence-corrected chi connectivity index (χ1v) is 10.8. The van der Waals surface area contributed by atoms with Gasteiger partial charge in [-0.3, -0.25) is 14.4 Å². The Morgan fingerprint density at radius 2 is 1.70 bits per heavy atom. The van der Waals surface area contributed by atoms with Crippen molar-refractivity contribution in [1.29, 1.82) is 0 Å². The number of likely N-dealkylation sites (N-methyl/N-ethyl adjacent to an activating group) is 1. The predicted octanol–water partition coefficient (Wildman–Crippen LogP) is 3.69. The van der Waals surface area contributed by atoms with Gasteiger partial charge in [0.2, 0.25) is 5.91 Å². The van der Waals surface area contributed by atoms with Crippen LogP contribution in [0.15, 0.2) is 65.1 Å². The first-order valence-electron chi connectivity index (χ1n) is 10.8. The van der Waals surface area contributed by atoms with Gasteiger partial charge in [0.1, 0.15) is 11.8 Å². The summed E-state index contributed by atoms with van der Waals surface area (Å²) in [6, 6.07) is 17.6. The fourth-order valence-corrected chi connectivity index (χ4v) is 3.42. The topological polar surface area (TPSA) is 100 Å². The van der Waals surface area contributed by atoms with Crippen molar-refractivity contribution < 1.29 is 18.8 Å². The molecule has 3 N–H and O–H groups in total. The Balaban J connectivity index is 1.67. The molecule has 1 unspecified atom stereocenters. The lowest BCUT2D eigenvalue weighted by molar-refractivity contribution is -0.123. The van der Waals surface area contributed by atoms with Crippen molar-refractivity contribution in [1.82, 2.24) is 16.0 Å². The van der Waals surface area contributed by atoms with E-state index in [2.05, 4.69) is 16.0 Å². The Labute approximate surface area is 193 Å². The number of hydrogen-bond donors (Lipinski definition) is 3. The number of carbonyl (C=O) groups is 3. The van der Waals surface area contributed by atoms with Crippen LogP contribution < -0.4 is 16.0 Å². The molecule has 172 valence electrons. The maximum Gasteiger partial charge on any atom is 0.287 e. The molecule has 1 heterocycles. The van der Waals surface area contributed by atoms with Crippen LogP contribution in [0.25, 0.3) is 11.3 Å². The molecule has 0 saturated heterocycles. The molecule has 33 heavy (non-hydrogen) atoms. The molecular weight excluding hydrogens is 418 g/mol. The highest BCUT2D eigenvalue weighted by Gasteiger charge is 2.25. The van der Waals surface area contributed by atoms with Crippen LogP contribution in [0.4, 0.5) is 0 Å². The molecule has 0 saturated carbocycles. The van der Waals surface area contributed by atoms with Gasteiger partial charge in [-0.2, -0.15) is 0 Å². The molecular formula is C26H29N3O4. The zero-order chi connectivity index (χ0) is 24.0. The first kappa shape index (κ1) is 23.8. The average Bonchev–Trinajstić information content (AvgIpc) is 3.31. The van der Waals surface area contributed by atoms with E-state index in [-0.39, 0.29) is 23.5 Å². The van der Waals surface area contributed by atoms with Crippen molar-refractivity contribution >= 4 is 17.7 Å². The Bertz CT molecular complexity index is 1150. The van der Waals surface area contributed by atoms with Gasteiger partial charge in [0.25, 0.3) is 11.8 Å². The van der Waals surface area contributed by atoms with E-state index >= 15 is 0 Å². The summed E-state index contributed by atoms with van der Waals surface area (Å²) in [5.41, 5.74) is 3.32. The summed E-state index contributed by atoms with van der Waals surface area (Å²) < 4.78 is 5.76. The summed E-state index contributed by atoms with van der Waals surface area (Å²) in [7, 11) is 1.53. The maximum atomic E-state index is 12.6. The van der Waals surface area contributed by atoms with E-state index in [1.807, 2.05) is 63.2 Å². The quantitative estimate of drug-likeness (QED) is 0.490. The number of hydrogen-bond acceptors (Lipinski definition) is 4. The Kier molecular flexibility index (Phi) is 7.66. The van der Waals surface area contributed by atoms with Crippen LogP contribution in [0.2, 0.25) is 0 Å². The van der Waals surface area contributed by atoms with Crippen LogP contribution in [0.3, 0.4) is 0 Å². The molecule has 0 aliphatic carbocycles. The van der Waals surface area contributed by atoms with Gasteiger partial charge in [0.05, 0.1) is 0 Å². The molecule has 3 amide bonds. The molecule has 3 rings (SSSR count). The Morgan fingerprint density at radius 3 is 2.39 bits per heavy atom. The van der Waals surface area contributed by atoms with Gasteiger partial charge < -0.3 is 20.4 Å². The minimum atomic E-state index is -0.656. The number of carbonyl (C=O) groups excluding carboxylic acids is 3. The van der Waals surface area contributed by atoms with E-state index in [1.165, 1.54) is 7.05 Å². The van der Waals surface area contributed by atoms with E-state index in [4.69, 9.17) is 4.42 Å². The molecule has 0 bridgehead atoms. The molecule has 0 aliphatic heterocycles. The van der Waals surface area contributed by atoms with Crippen LogP contribution >= 0.6 is 0 Å². The summed E-state index contributed by atoms with van der Waals surface area (Å²) in [6.07, 6.45) is 0. The number of amides is 3. The minimum Gasteiger partial charge on any atom is -0.451 e. The van der Waals surface area contributed by atoms with Crippen molar-refractivity contribution in [3.05, 3.63) is 83.1 Å². The molecule has 0 fully saturated rings. The molecule has 3 aromatic rings. The summed E-state index contributed by atoms with van der Waals surface area (Å²) in [5.74, 6) is -0.284. The van der Waals surface area contributed by atoms with Crippen molar-refractivity contribution in [3.63, 3.8) is 0 Å². The summed E-state index contributed by atoms with van der Waals surface area (Å²) in [4.78, 5) is 37.0. The van der Waals surface area contributed by atoms with E-state index in [0.717, 1.165) is 16.7 Å². The second-order valence-corrected chi connectivity index (χ2v) is 8.23. The highest BCUT2D eigenvalue weighted by molar-refractivity contribution is 5.96. The summed E-state index contributed by atoms with van der Waals surface area (Å²) in [6.45, 7) is 6.02. The predicted molar refractivity (Wildman–Crippen MR) is 127 cm³/mol. The van der Waals surface area contributed by atoms with E-state index in [9.17, 15) is 14.4 Å². The van der Waals surface area contributed by atoms with Crippen molar-refractivity contribution in [2.45, 2.75) is 33.4 Å². The Hall–Kier alpha value is -3.87. The van der Waals surface area contributed by atoms with Gasteiger partial charge in [0.15, 0.2) is 5.76 Å². The van der Waals surface area contributed by atoms with Crippen LogP contribution in [0, 0.1) is 12.8 Å². The van der Waals surface area contributed by atoms with Gasteiger partial charge in [-0.1, -0.05) is 49.7 Å². The number of aryl methyl sites for hydroxylation is 1. The van der Waals surface area contributed by atoms with E-state index in [0.29, 0.717) is 17.9 Å². The number of nitrogens with one attached hydrogen (secondary N) is 3. The third kappa shape index (κ3) is 6.10. The second-order valence-electron chi connectivity index (χ2n) is 8.23. The van der Waals surface area contributed by atoms with Gasteiger partial charge in [-0.25, -0.2) is 0 Å². The second kappa shape index (κ2) is 10.6. The Morgan fingerprint density at radius 1 is 0.939 bits per heavy atom. The standard InChI is InChI=1S/C26H29N3O4/c1-16(2)23(26(32)27-4)29-25(31)22-12-11-21(33-22)19-9-6-8-18(14-19)15-28-24(30)20-10-5-7-17(3)13-20/h5-14,16,23H,15H2,1-4H3,(H,27,32)(H,28,30)(H,29,31).